The first-order valence-electron chi connectivity index (χ1n) is 3.69. The minimum absolute atomic E-state index is 0.377. The molecule has 0 unspecified atom stereocenters. The van der Waals surface area contributed by atoms with E-state index in [1.165, 1.54) is 13.2 Å². The van der Waals surface area contributed by atoms with Gasteiger partial charge in [0.2, 0.25) is 6.08 Å². The monoisotopic (exact) mass is 179 g/mol. The number of carbonyl (C=O) groups excluding carboxylic acids is 1. The summed E-state index contributed by atoms with van der Waals surface area (Å²) in [4.78, 5) is 22.5. The highest BCUT2D eigenvalue weighted by atomic mass is 17.2. The van der Waals surface area contributed by atoms with Crippen LogP contribution in [0.15, 0.2) is 29.3 Å². The van der Waals surface area contributed by atoms with E-state index in [0.717, 1.165) is 5.56 Å². The number of rotatable bonds is 4. The lowest BCUT2D eigenvalue weighted by Crippen LogP contribution is -1.89. The quantitative estimate of drug-likeness (QED) is 0.306. The third kappa shape index (κ3) is 3.17. The highest BCUT2D eigenvalue weighted by Gasteiger charge is 1.93. The maximum Gasteiger partial charge on any atom is 0.240 e. The third-order valence-corrected chi connectivity index (χ3v) is 1.45. The molecule has 4 nitrogen and oxygen atoms in total. The summed E-state index contributed by atoms with van der Waals surface area (Å²) >= 11 is 0. The average molecular weight is 179 g/mol. The maximum atomic E-state index is 9.89. The van der Waals surface area contributed by atoms with E-state index in [9.17, 15) is 4.79 Å². The minimum Gasteiger partial charge on any atom is -0.240 e. The van der Waals surface area contributed by atoms with Gasteiger partial charge in [0, 0.05) is 0 Å². The highest BCUT2D eigenvalue weighted by Crippen LogP contribution is 2.12. The molecule has 4 heteroatoms. The van der Waals surface area contributed by atoms with Crippen molar-refractivity contribution in [3.63, 3.8) is 0 Å². The summed E-state index contributed by atoms with van der Waals surface area (Å²) in [5.74, 6) is 0. The standard InChI is InChI=1S/C9H9NO3/c1-12-13-6-8-2-4-9(5-3-8)10-7-11/h2-5H,6H2,1H3. The molecule has 0 aliphatic rings. The van der Waals surface area contributed by atoms with Crippen LogP contribution in [0.25, 0.3) is 0 Å². The number of nitrogens with zero attached hydrogens (tertiary/aromatic N) is 1. The second-order valence-electron chi connectivity index (χ2n) is 2.30. The van der Waals surface area contributed by atoms with Crippen LogP contribution in [0.4, 0.5) is 5.69 Å². The van der Waals surface area contributed by atoms with E-state index in [1.807, 2.05) is 0 Å². The lowest BCUT2D eigenvalue weighted by atomic mass is 10.2. The molecule has 1 rings (SSSR count). The van der Waals surface area contributed by atoms with Gasteiger partial charge in [-0.1, -0.05) is 12.1 Å². The molecule has 0 aliphatic heterocycles. The molecular weight excluding hydrogens is 170 g/mol. The molecule has 0 saturated carbocycles. The molecule has 1 aromatic rings. The molecule has 0 heterocycles. The summed E-state index contributed by atoms with van der Waals surface area (Å²) in [7, 11) is 1.45. The Morgan fingerprint density at radius 3 is 2.62 bits per heavy atom. The van der Waals surface area contributed by atoms with Crippen LogP contribution in [0.3, 0.4) is 0 Å². The first kappa shape index (κ1) is 9.61. The van der Waals surface area contributed by atoms with Gasteiger partial charge < -0.3 is 0 Å². The van der Waals surface area contributed by atoms with Gasteiger partial charge >= 0.3 is 0 Å². The van der Waals surface area contributed by atoms with Gasteiger partial charge in [-0.25, -0.2) is 14.6 Å². The lowest BCUT2D eigenvalue weighted by Gasteiger charge is -1.99. The average Bonchev–Trinajstić information content (AvgIpc) is 2.17. The fraction of sp³-hybridized carbons (Fsp3) is 0.222. The summed E-state index contributed by atoms with van der Waals surface area (Å²) < 4.78 is 0. The Hall–Kier alpha value is -1.48. The van der Waals surface area contributed by atoms with Crippen molar-refractivity contribution in [3.8, 4) is 0 Å². The summed E-state index contributed by atoms with van der Waals surface area (Å²) in [6, 6.07) is 7.02. The number of hydrogen-bond donors (Lipinski definition) is 0. The molecule has 0 fully saturated rings. The Bertz CT molecular complexity index is 301. The largest absolute Gasteiger partial charge is 0.240 e. The number of isocyanates is 1. The van der Waals surface area contributed by atoms with Crippen molar-refractivity contribution in [1.29, 1.82) is 0 Å². The molecule has 13 heavy (non-hydrogen) atoms. The van der Waals surface area contributed by atoms with Gasteiger partial charge in [-0.05, 0) is 17.7 Å². The van der Waals surface area contributed by atoms with Crippen molar-refractivity contribution in [2.45, 2.75) is 6.61 Å². The molecule has 0 aromatic heterocycles. The van der Waals surface area contributed by atoms with Gasteiger partial charge in [-0.2, -0.15) is 4.99 Å². The van der Waals surface area contributed by atoms with Crippen molar-refractivity contribution in [3.05, 3.63) is 29.8 Å². The molecule has 0 amide bonds. The van der Waals surface area contributed by atoms with Crippen LogP contribution >= 0.6 is 0 Å². The van der Waals surface area contributed by atoms with Crippen LogP contribution in [0.2, 0.25) is 0 Å². The SMILES string of the molecule is COOCc1ccc(N=C=O)cc1. The Balaban J connectivity index is 2.63. The zero-order valence-corrected chi connectivity index (χ0v) is 7.19. The summed E-state index contributed by atoms with van der Waals surface area (Å²) in [5, 5.41) is 0. The Morgan fingerprint density at radius 1 is 1.38 bits per heavy atom. The van der Waals surface area contributed by atoms with E-state index in [1.54, 1.807) is 24.3 Å². The van der Waals surface area contributed by atoms with Gasteiger partial charge in [0.15, 0.2) is 0 Å². The smallest absolute Gasteiger partial charge is 0.240 e. The first-order valence-corrected chi connectivity index (χ1v) is 3.69. The van der Waals surface area contributed by atoms with E-state index in [4.69, 9.17) is 4.89 Å². The zero-order chi connectivity index (χ0) is 9.52. The van der Waals surface area contributed by atoms with Gasteiger partial charge in [-0.3, -0.25) is 0 Å². The lowest BCUT2D eigenvalue weighted by molar-refractivity contribution is -0.282. The fourth-order valence-corrected chi connectivity index (χ4v) is 0.846. The maximum absolute atomic E-state index is 9.89. The van der Waals surface area contributed by atoms with Crippen LogP contribution in [0.5, 0.6) is 0 Å². The van der Waals surface area contributed by atoms with E-state index in [0.29, 0.717) is 12.3 Å². The molecule has 0 bridgehead atoms. The van der Waals surface area contributed by atoms with E-state index in [2.05, 4.69) is 9.88 Å². The van der Waals surface area contributed by atoms with Crippen molar-refractivity contribution in [2.75, 3.05) is 7.11 Å². The third-order valence-electron chi connectivity index (χ3n) is 1.45. The van der Waals surface area contributed by atoms with E-state index >= 15 is 0 Å². The normalized spacial score (nSPS) is 9.31. The summed E-state index contributed by atoms with van der Waals surface area (Å²) in [6.45, 7) is 0.377. The first-order chi connectivity index (χ1) is 6.36. The second kappa shape index (κ2) is 5.22. The molecule has 0 aliphatic carbocycles. The number of aliphatic imine (C=N–C) groups is 1. The second-order valence-corrected chi connectivity index (χ2v) is 2.30. The van der Waals surface area contributed by atoms with E-state index < -0.39 is 0 Å². The minimum atomic E-state index is 0.377. The van der Waals surface area contributed by atoms with Crippen LogP contribution in [0.1, 0.15) is 5.56 Å². The van der Waals surface area contributed by atoms with Crippen molar-refractivity contribution >= 4 is 11.8 Å². The van der Waals surface area contributed by atoms with Gasteiger partial charge in [-0.15, -0.1) is 0 Å². The molecule has 0 spiro atoms. The van der Waals surface area contributed by atoms with Crippen LogP contribution in [0, 0.1) is 0 Å². The van der Waals surface area contributed by atoms with Gasteiger partial charge in [0.25, 0.3) is 0 Å². The molecule has 1 aromatic carbocycles. The van der Waals surface area contributed by atoms with Gasteiger partial charge in [0.05, 0.1) is 12.8 Å². The molecular formula is C9H9NO3. The van der Waals surface area contributed by atoms with Crippen molar-refractivity contribution < 1.29 is 14.6 Å². The van der Waals surface area contributed by atoms with Crippen molar-refractivity contribution in [1.82, 2.24) is 0 Å². The topological polar surface area (TPSA) is 47.9 Å². The van der Waals surface area contributed by atoms with Crippen LogP contribution < -0.4 is 0 Å². The Labute approximate surface area is 75.7 Å². The Kier molecular flexibility index (Phi) is 3.85. The highest BCUT2D eigenvalue weighted by molar-refractivity contribution is 5.48. The fourth-order valence-electron chi connectivity index (χ4n) is 0.846. The van der Waals surface area contributed by atoms with Crippen LogP contribution in [-0.4, -0.2) is 13.2 Å². The number of benzene rings is 1. The number of hydrogen-bond acceptors (Lipinski definition) is 4. The molecule has 0 saturated heterocycles. The Morgan fingerprint density at radius 2 is 2.08 bits per heavy atom. The summed E-state index contributed by atoms with van der Waals surface area (Å²) in [6.07, 6.45) is 1.47. The molecule has 68 valence electrons. The van der Waals surface area contributed by atoms with Gasteiger partial charge in [0.1, 0.15) is 6.61 Å². The molecule has 0 atom stereocenters. The molecule has 0 N–H and O–H groups in total. The van der Waals surface area contributed by atoms with E-state index in [-0.39, 0.29) is 0 Å². The zero-order valence-electron chi connectivity index (χ0n) is 7.19. The summed E-state index contributed by atoms with van der Waals surface area (Å²) in [5.41, 5.74) is 1.53. The van der Waals surface area contributed by atoms with Crippen molar-refractivity contribution in [2.24, 2.45) is 4.99 Å². The predicted molar refractivity (Wildman–Crippen MR) is 46.0 cm³/mol. The predicted octanol–water partition coefficient (Wildman–Crippen LogP) is 1.73. The molecule has 0 radical (unpaired) electrons. The van der Waals surface area contributed by atoms with Crippen LogP contribution in [-0.2, 0) is 21.2 Å².